The number of rotatable bonds is 4. The van der Waals surface area contributed by atoms with Gasteiger partial charge in [0.2, 0.25) is 0 Å². The SMILES string of the molecule is O=C(/C=C(\O)c1ccccn1)c1ccc2c(c1)C[C@H]1CC[C@@H](C2)[C@]12CN(CC(F)(F)F)S(=O)(=O)N2. The van der Waals surface area contributed by atoms with Gasteiger partial charge in [0.25, 0.3) is 10.2 Å². The predicted octanol–water partition coefficient (Wildman–Crippen LogP) is 3.44. The zero-order valence-electron chi connectivity index (χ0n) is 18.6. The Balaban J connectivity index is 1.41. The minimum Gasteiger partial charge on any atom is -0.506 e. The van der Waals surface area contributed by atoms with E-state index >= 15 is 0 Å². The van der Waals surface area contributed by atoms with Crippen LogP contribution < -0.4 is 4.72 Å². The molecular weight excluding hydrogens is 483 g/mol. The van der Waals surface area contributed by atoms with Crippen LogP contribution in [0.2, 0.25) is 0 Å². The third-order valence-corrected chi connectivity index (χ3v) is 8.97. The molecule has 0 radical (unpaired) electrons. The van der Waals surface area contributed by atoms with E-state index < -0.39 is 34.3 Å². The van der Waals surface area contributed by atoms with Crippen LogP contribution in [0, 0.1) is 11.8 Å². The lowest BCUT2D eigenvalue weighted by Gasteiger charge is -2.33. The van der Waals surface area contributed by atoms with Crippen LogP contribution in [-0.4, -0.2) is 53.4 Å². The van der Waals surface area contributed by atoms with Crippen LogP contribution in [0.1, 0.15) is 40.0 Å². The Morgan fingerprint density at radius 1 is 1.17 bits per heavy atom. The van der Waals surface area contributed by atoms with Crippen molar-refractivity contribution in [3.63, 3.8) is 0 Å². The van der Waals surface area contributed by atoms with E-state index in [2.05, 4.69) is 9.71 Å². The minimum atomic E-state index is -4.63. The number of aliphatic hydroxyl groups is 1. The summed E-state index contributed by atoms with van der Waals surface area (Å²) in [6, 6.07) is 10.2. The molecule has 186 valence electrons. The van der Waals surface area contributed by atoms with Crippen LogP contribution in [0.5, 0.6) is 0 Å². The molecule has 1 saturated heterocycles. The Hall–Kier alpha value is -2.76. The third-order valence-electron chi connectivity index (χ3n) is 7.39. The van der Waals surface area contributed by atoms with E-state index in [4.69, 9.17) is 0 Å². The van der Waals surface area contributed by atoms with Gasteiger partial charge in [0.1, 0.15) is 18.0 Å². The van der Waals surface area contributed by atoms with E-state index in [1.165, 1.54) is 6.20 Å². The van der Waals surface area contributed by atoms with Gasteiger partial charge in [0.05, 0.1) is 5.54 Å². The number of hydrogen-bond acceptors (Lipinski definition) is 5. The normalized spacial score (nSPS) is 28.1. The van der Waals surface area contributed by atoms with Crippen LogP contribution in [0.25, 0.3) is 5.76 Å². The summed E-state index contributed by atoms with van der Waals surface area (Å²) in [6.07, 6.45) is 0.344. The Morgan fingerprint density at radius 3 is 2.54 bits per heavy atom. The number of halogens is 3. The summed E-state index contributed by atoms with van der Waals surface area (Å²) in [7, 11) is -4.25. The molecule has 1 aromatic carbocycles. The maximum absolute atomic E-state index is 13.0. The number of nitrogens with zero attached hydrogens (tertiary/aromatic N) is 2. The lowest BCUT2D eigenvalue weighted by atomic mass is 9.79. The van der Waals surface area contributed by atoms with E-state index in [0.717, 1.165) is 17.2 Å². The summed E-state index contributed by atoms with van der Waals surface area (Å²) in [5.74, 6) is -0.993. The molecule has 2 N–H and O–H groups in total. The largest absolute Gasteiger partial charge is 0.506 e. The van der Waals surface area contributed by atoms with Gasteiger partial charge in [-0.3, -0.25) is 9.78 Å². The molecule has 2 fully saturated rings. The highest BCUT2D eigenvalue weighted by molar-refractivity contribution is 7.87. The molecule has 2 aromatic rings. The number of aliphatic hydroxyl groups excluding tert-OH is 1. The van der Waals surface area contributed by atoms with E-state index in [1.807, 2.05) is 6.07 Å². The highest BCUT2D eigenvalue weighted by Gasteiger charge is 2.60. The Labute approximate surface area is 200 Å². The summed E-state index contributed by atoms with van der Waals surface area (Å²) in [5.41, 5.74) is 1.50. The summed E-state index contributed by atoms with van der Waals surface area (Å²) < 4.78 is 67.5. The van der Waals surface area contributed by atoms with Crippen LogP contribution in [0.3, 0.4) is 0 Å². The molecule has 1 aromatic heterocycles. The number of ketones is 1. The molecule has 2 heterocycles. The number of nitrogens with one attached hydrogen (secondary N) is 1. The second kappa shape index (κ2) is 8.42. The van der Waals surface area contributed by atoms with Gasteiger partial charge in [0, 0.05) is 24.4 Å². The summed E-state index contributed by atoms with van der Waals surface area (Å²) in [6.45, 7) is -1.73. The van der Waals surface area contributed by atoms with Crippen molar-refractivity contribution in [2.45, 2.75) is 37.4 Å². The van der Waals surface area contributed by atoms with E-state index in [-0.39, 0.29) is 29.8 Å². The van der Waals surface area contributed by atoms with Gasteiger partial charge in [0.15, 0.2) is 5.78 Å². The van der Waals surface area contributed by atoms with Crippen molar-refractivity contribution in [2.24, 2.45) is 11.8 Å². The second-order valence-corrected chi connectivity index (χ2v) is 11.2. The number of fused-ring (bicyclic) bond motifs is 1. The molecule has 3 atom stereocenters. The fourth-order valence-corrected chi connectivity index (χ4v) is 7.50. The van der Waals surface area contributed by atoms with Gasteiger partial charge < -0.3 is 5.11 Å². The van der Waals surface area contributed by atoms with Crippen molar-refractivity contribution >= 4 is 21.8 Å². The molecule has 2 aliphatic carbocycles. The molecule has 11 heteroatoms. The first-order valence-electron chi connectivity index (χ1n) is 11.3. The number of aromatic nitrogens is 1. The summed E-state index contributed by atoms with van der Waals surface area (Å²) >= 11 is 0. The molecule has 3 aliphatic rings. The predicted molar refractivity (Wildman–Crippen MR) is 122 cm³/mol. The fraction of sp³-hybridized carbons (Fsp3) is 0.417. The maximum Gasteiger partial charge on any atom is 0.402 e. The Kier molecular flexibility index (Phi) is 5.77. The zero-order valence-corrected chi connectivity index (χ0v) is 19.4. The molecular formula is C24H24F3N3O4S. The molecule has 0 amide bonds. The molecule has 7 nitrogen and oxygen atoms in total. The molecule has 2 bridgehead atoms. The lowest BCUT2D eigenvalue weighted by Crippen LogP contribution is -2.52. The van der Waals surface area contributed by atoms with Gasteiger partial charge in [-0.2, -0.15) is 30.6 Å². The fourth-order valence-electron chi connectivity index (χ4n) is 5.79. The average Bonchev–Trinajstić information content (AvgIpc) is 3.17. The van der Waals surface area contributed by atoms with Gasteiger partial charge in [-0.15, -0.1) is 0 Å². The first kappa shape index (κ1) is 24.0. The first-order valence-corrected chi connectivity index (χ1v) is 12.7. The van der Waals surface area contributed by atoms with Crippen molar-refractivity contribution in [1.29, 1.82) is 0 Å². The Bertz CT molecular complexity index is 1300. The standard InChI is InChI=1S/C24H24F3N3O4S/c25-24(26,27)14-30-13-23(29-35(30,33)34)18-6-7-19(23)11-17-9-16(5-4-15(17)10-18)21(31)12-22(32)20-3-1-2-8-28-20/h1-5,8-9,12,18-19,29,32H,6-7,10-11,13-14H2/b22-12-/t18-,19+,23+/m0/s1. The highest BCUT2D eigenvalue weighted by Crippen LogP contribution is 2.50. The summed E-state index contributed by atoms with van der Waals surface area (Å²) in [4.78, 5) is 16.8. The number of carbonyl (C=O) groups is 1. The number of allylic oxidation sites excluding steroid dienone is 1. The molecule has 1 spiro atoms. The number of pyridine rings is 1. The molecule has 5 rings (SSSR count). The van der Waals surface area contributed by atoms with Crippen LogP contribution in [0.15, 0.2) is 48.7 Å². The third kappa shape index (κ3) is 4.48. The lowest BCUT2D eigenvalue weighted by molar-refractivity contribution is -0.136. The van der Waals surface area contributed by atoms with E-state index in [0.29, 0.717) is 35.6 Å². The molecule has 0 unspecified atom stereocenters. The Morgan fingerprint density at radius 2 is 1.89 bits per heavy atom. The van der Waals surface area contributed by atoms with Gasteiger partial charge in [-0.25, -0.2) is 0 Å². The maximum atomic E-state index is 13.0. The smallest absolute Gasteiger partial charge is 0.402 e. The molecule has 1 saturated carbocycles. The van der Waals surface area contributed by atoms with Crippen molar-refractivity contribution in [2.75, 3.05) is 13.1 Å². The number of hydrogen-bond donors (Lipinski definition) is 2. The van der Waals surface area contributed by atoms with Gasteiger partial charge in [-0.1, -0.05) is 18.2 Å². The van der Waals surface area contributed by atoms with Crippen molar-refractivity contribution in [3.8, 4) is 0 Å². The second-order valence-electron chi connectivity index (χ2n) is 9.50. The summed E-state index contributed by atoms with van der Waals surface area (Å²) in [5, 5.41) is 10.2. The number of alkyl halides is 3. The quantitative estimate of drug-likeness (QED) is 0.375. The molecule has 1 aliphatic heterocycles. The van der Waals surface area contributed by atoms with Gasteiger partial charge in [-0.05, 0) is 66.8 Å². The minimum absolute atomic E-state index is 0.142. The first-order chi connectivity index (χ1) is 16.5. The zero-order chi connectivity index (χ0) is 25.0. The number of benzene rings is 1. The van der Waals surface area contributed by atoms with Gasteiger partial charge >= 0.3 is 6.18 Å². The van der Waals surface area contributed by atoms with Crippen LogP contribution in [0.4, 0.5) is 13.2 Å². The van der Waals surface area contributed by atoms with Crippen molar-refractivity contribution in [1.82, 2.24) is 14.0 Å². The van der Waals surface area contributed by atoms with Crippen LogP contribution >= 0.6 is 0 Å². The topological polar surface area (TPSA) is 99.6 Å². The van der Waals surface area contributed by atoms with Crippen LogP contribution in [-0.2, 0) is 23.1 Å². The molecule has 35 heavy (non-hydrogen) atoms. The van der Waals surface area contributed by atoms with Crippen molar-refractivity contribution in [3.05, 3.63) is 71.1 Å². The van der Waals surface area contributed by atoms with E-state index in [9.17, 15) is 31.5 Å². The average molecular weight is 508 g/mol. The monoisotopic (exact) mass is 507 g/mol. The highest BCUT2D eigenvalue weighted by atomic mass is 32.2. The van der Waals surface area contributed by atoms with Crippen molar-refractivity contribution < 1.29 is 31.5 Å². The van der Waals surface area contributed by atoms with E-state index in [1.54, 1.807) is 30.3 Å². The number of carbonyl (C=O) groups excluding carboxylic acids is 1.